The molecule has 1 aromatic rings. The van der Waals surface area contributed by atoms with E-state index in [0.717, 1.165) is 25.3 Å². The fraction of sp³-hybridized carbons (Fsp3) is 0.333. The molecule has 1 aliphatic heterocycles. The van der Waals surface area contributed by atoms with Gasteiger partial charge in [-0.15, -0.1) is 0 Å². The molecule has 0 bridgehead atoms. The Bertz CT molecular complexity index is 282. The molecule has 62 valence electrons. The van der Waals surface area contributed by atoms with Crippen molar-refractivity contribution >= 4 is 5.90 Å². The van der Waals surface area contributed by atoms with Crippen LogP contribution in [0.5, 0.6) is 0 Å². The summed E-state index contributed by atoms with van der Waals surface area (Å²) in [5.41, 5.74) is 0.831. The standard InChI is InChI=1S/C9H10N2O/c1-2-5-10-8(4-1)9-11-6-3-7-12-9/h1-2,4-5H,3,6-7H2. The molecule has 0 amide bonds. The normalized spacial score (nSPS) is 16.5. The average molecular weight is 162 g/mol. The lowest BCUT2D eigenvalue weighted by Gasteiger charge is -2.12. The quantitative estimate of drug-likeness (QED) is 0.622. The molecular weight excluding hydrogens is 152 g/mol. The number of nitrogens with zero attached hydrogens (tertiary/aromatic N) is 2. The van der Waals surface area contributed by atoms with Crippen molar-refractivity contribution < 1.29 is 4.74 Å². The summed E-state index contributed by atoms with van der Waals surface area (Å²) in [6.45, 7) is 1.61. The van der Waals surface area contributed by atoms with E-state index in [1.165, 1.54) is 0 Å². The zero-order valence-electron chi connectivity index (χ0n) is 6.73. The van der Waals surface area contributed by atoms with Crippen LogP contribution in [0.1, 0.15) is 12.1 Å². The van der Waals surface area contributed by atoms with Crippen LogP contribution in [0.4, 0.5) is 0 Å². The molecule has 0 aromatic carbocycles. The van der Waals surface area contributed by atoms with Gasteiger partial charge in [0.05, 0.1) is 6.61 Å². The van der Waals surface area contributed by atoms with Gasteiger partial charge in [0.25, 0.3) is 0 Å². The maximum atomic E-state index is 5.35. The SMILES string of the molecule is c1ccc(C2=NCCCO2)nc1. The molecule has 3 heteroatoms. The molecule has 1 aliphatic rings. The smallest absolute Gasteiger partial charge is 0.235 e. The van der Waals surface area contributed by atoms with E-state index in [1.807, 2.05) is 18.2 Å². The second-order valence-corrected chi connectivity index (χ2v) is 2.60. The highest BCUT2D eigenvalue weighted by Crippen LogP contribution is 2.04. The van der Waals surface area contributed by atoms with Crippen LogP contribution >= 0.6 is 0 Å². The van der Waals surface area contributed by atoms with Crippen LogP contribution in [0, 0.1) is 0 Å². The first-order chi connectivity index (χ1) is 5.97. The number of pyridine rings is 1. The predicted octanol–water partition coefficient (Wildman–Crippen LogP) is 1.25. The third-order valence-electron chi connectivity index (χ3n) is 1.68. The molecule has 2 heterocycles. The lowest BCUT2D eigenvalue weighted by Crippen LogP contribution is -2.15. The van der Waals surface area contributed by atoms with Crippen molar-refractivity contribution in [2.75, 3.05) is 13.2 Å². The number of hydrogen-bond acceptors (Lipinski definition) is 3. The molecule has 0 N–H and O–H groups in total. The molecule has 0 spiro atoms. The molecule has 0 unspecified atom stereocenters. The van der Waals surface area contributed by atoms with Crippen LogP contribution in [0.3, 0.4) is 0 Å². The van der Waals surface area contributed by atoms with E-state index in [0.29, 0.717) is 5.90 Å². The molecule has 0 atom stereocenters. The van der Waals surface area contributed by atoms with Gasteiger partial charge in [-0.25, -0.2) is 4.99 Å². The topological polar surface area (TPSA) is 34.5 Å². The van der Waals surface area contributed by atoms with Gasteiger partial charge in [-0.1, -0.05) is 6.07 Å². The Morgan fingerprint density at radius 1 is 1.33 bits per heavy atom. The highest BCUT2D eigenvalue weighted by atomic mass is 16.5. The van der Waals surface area contributed by atoms with Crippen molar-refractivity contribution in [1.82, 2.24) is 4.98 Å². The minimum absolute atomic E-state index is 0.682. The number of aromatic nitrogens is 1. The Balaban J connectivity index is 2.24. The number of rotatable bonds is 1. The fourth-order valence-corrected chi connectivity index (χ4v) is 1.10. The zero-order chi connectivity index (χ0) is 8.23. The Morgan fingerprint density at radius 2 is 2.33 bits per heavy atom. The summed E-state index contributed by atoms with van der Waals surface area (Å²) in [6, 6.07) is 5.72. The summed E-state index contributed by atoms with van der Waals surface area (Å²) in [5.74, 6) is 0.682. The average Bonchev–Trinajstić information content (AvgIpc) is 2.21. The number of hydrogen-bond donors (Lipinski definition) is 0. The van der Waals surface area contributed by atoms with Crippen molar-refractivity contribution in [2.24, 2.45) is 4.99 Å². The summed E-state index contributed by atoms with van der Waals surface area (Å²) in [5, 5.41) is 0. The van der Waals surface area contributed by atoms with E-state index < -0.39 is 0 Å². The van der Waals surface area contributed by atoms with Crippen LogP contribution in [0.25, 0.3) is 0 Å². The second-order valence-electron chi connectivity index (χ2n) is 2.60. The Kier molecular flexibility index (Phi) is 2.03. The molecule has 1 aromatic heterocycles. The number of ether oxygens (including phenoxy) is 1. The zero-order valence-corrected chi connectivity index (χ0v) is 6.73. The first-order valence-corrected chi connectivity index (χ1v) is 4.05. The van der Waals surface area contributed by atoms with E-state index in [2.05, 4.69) is 9.98 Å². The first-order valence-electron chi connectivity index (χ1n) is 4.05. The minimum Gasteiger partial charge on any atom is -0.476 e. The van der Waals surface area contributed by atoms with Gasteiger partial charge < -0.3 is 4.74 Å². The number of aliphatic imine (C=N–C) groups is 1. The third kappa shape index (κ3) is 1.44. The molecule has 0 saturated heterocycles. The molecule has 3 nitrogen and oxygen atoms in total. The molecule has 0 saturated carbocycles. The van der Waals surface area contributed by atoms with Crippen molar-refractivity contribution in [3.8, 4) is 0 Å². The maximum Gasteiger partial charge on any atom is 0.235 e. The van der Waals surface area contributed by atoms with Gasteiger partial charge in [-0.3, -0.25) is 4.98 Å². The van der Waals surface area contributed by atoms with Crippen LogP contribution in [0.2, 0.25) is 0 Å². The highest BCUT2D eigenvalue weighted by molar-refractivity contribution is 5.92. The molecule has 2 rings (SSSR count). The maximum absolute atomic E-state index is 5.35. The van der Waals surface area contributed by atoms with Crippen molar-refractivity contribution in [3.05, 3.63) is 30.1 Å². The summed E-state index contributed by atoms with van der Waals surface area (Å²) in [7, 11) is 0. The van der Waals surface area contributed by atoms with Gasteiger partial charge in [0.1, 0.15) is 5.69 Å². The minimum atomic E-state index is 0.682. The van der Waals surface area contributed by atoms with Crippen molar-refractivity contribution in [2.45, 2.75) is 6.42 Å². The molecule has 0 fully saturated rings. The third-order valence-corrected chi connectivity index (χ3v) is 1.68. The summed E-state index contributed by atoms with van der Waals surface area (Å²) >= 11 is 0. The summed E-state index contributed by atoms with van der Waals surface area (Å²) < 4.78 is 5.35. The monoisotopic (exact) mass is 162 g/mol. The van der Waals surface area contributed by atoms with Crippen LogP contribution in [0.15, 0.2) is 29.4 Å². The predicted molar refractivity (Wildman–Crippen MR) is 46.2 cm³/mol. The molecular formula is C9H10N2O. The largest absolute Gasteiger partial charge is 0.476 e. The lowest BCUT2D eigenvalue weighted by molar-refractivity contribution is 0.283. The van der Waals surface area contributed by atoms with Crippen LogP contribution < -0.4 is 0 Å². The fourth-order valence-electron chi connectivity index (χ4n) is 1.10. The Labute approximate surface area is 71.1 Å². The van der Waals surface area contributed by atoms with Gasteiger partial charge in [-0.2, -0.15) is 0 Å². The Morgan fingerprint density at radius 3 is 3.00 bits per heavy atom. The molecule has 0 aliphatic carbocycles. The Hall–Kier alpha value is -1.38. The van der Waals surface area contributed by atoms with Crippen molar-refractivity contribution in [3.63, 3.8) is 0 Å². The first kappa shape index (κ1) is 7.28. The van der Waals surface area contributed by atoms with E-state index >= 15 is 0 Å². The van der Waals surface area contributed by atoms with Gasteiger partial charge in [0, 0.05) is 19.2 Å². The summed E-state index contributed by atoms with van der Waals surface area (Å²) in [4.78, 5) is 8.38. The second kappa shape index (κ2) is 3.34. The van der Waals surface area contributed by atoms with Gasteiger partial charge in [-0.05, 0) is 12.1 Å². The molecule has 12 heavy (non-hydrogen) atoms. The summed E-state index contributed by atoms with van der Waals surface area (Å²) in [6.07, 6.45) is 2.76. The van der Waals surface area contributed by atoms with Crippen LogP contribution in [-0.4, -0.2) is 24.0 Å². The highest BCUT2D eigenvalue weighted by Gasteiger charge is 2.08. The van der Waals surface area contributed by atoms with Crippen LogP contribution in [-0.2, 0) is 4.74 Å². The van der Waals surface area contributed by atoms with Gasteiger partial charge in [0.2, 0.25) is 5.90 Å². The lowest BCUT2D eigenvalue weighted by atomic mass is 10.3. The molecule has 0 radical (unpaired) electrons. The van der Waals surface area contributed by atoms with E-state index in [9.17, 15) is 0 Å². The van der Waals surface area contributed by atoms with E-state index in [4.69, 9.17) is 4.74 Å². The van der Waals surface area contributed by atoms with E-state index in [1.54, 1.807) is 6.20 Å². The van der Waals surface area contributed by atoms with E-state index in [-0.39, 0.29) is 0 Å². The van der Waals surface area contributed by atoms with Crippen molar-refractivity contribution in [1.29, 1.82) is 0 Å². The van der Waals surface area contributed by atoms with Gasteiger partial charge in [0.15, 0.2) is 0 Å². The van der Waals surface area contributed by atoms with Gasteiger partial charge >= 0.3 is 0 Å².